The van der Waals surface area contributed by atoms with Crippen LogP contribution < -0.4 is 5.32 Å². The molecule has 0 spiro atoms. The Morgan fingerprint density at radius 3 is 2.81 bits per heavy atom. The van der Waals surface area contributed by atoms with Crippen molar-refractivity contribution in [2.24, 2.45) is 0 Å². The molecule has 94 valence electrons. The summed E-state index contributed by atoms with van der Waals surface area (Å²) in [4.78, 5) is 4.46. The zero-order chi connectivity index (χ0) is 11.8. The second-order valence-corrected chi connectivity index (χ2v) is 7.20. The molecular formula is C10H21N3O2S. The van der Waals surface area contributed by atoms with E-state index in [0.29, 0.717) is 11.5 Å². The first kappa shape index (κ1) is 12.3. The number of hydrogen-bond donors (Lipinski definition) is 1. The Kier molecular flexibility index (Phi) is 3.53. The molecule has 2 heterocycles. The SMILES string of the molecule is CN(C)CCN1CCNC2CS(=O)(=O)CC21. The van der Waals surface area contributed by atoms with Crippen molar-refractivity contribution in [2.75, 3.05) is 51.8 Å². The molecule has 0 saturated carbocycles. The molecule has 2 aliphatic heterocycles. The summed E-state index contributed by atoms with van der Waals surface area (Å²) in [7, 11) is 1.28. The molecule has 6 heteroatoms. The van der Waals surface area contributed by atoms with E-state index >= 15 is 0 Å². The van der Waals surface area contributed by atoms with Gasteiger partial charge in [-0.15, -0.1) is 0 Å². The molecule has 0 aliphatic carbocycles. The van der Waals surface area contributed by atoms with Gasteiger partial charge in [0.15, 0.2) is 9.84 Å². The molecular weight excluding hydrogens is 226 g/mol. The lowest BCUT2D eigenvalue weighted by atomic mass is 10.1. The van der Waals surface area contributed by atoms with Crippen LogP contribution in [0.25, 0.3) is 0 Å². The third kappa shape index (κ3) is 2.74. The number of likely N-dealkylation sites (N-methyl/N-ethyl adjacent to an activating group) is 1. The van der Waals surface area contributed by atoms with E-state index in [1.165, 1.54) is 0 Å². The smallest absolute Gasteiger partial charge is 0.153 e. The third-order valence-corrected chi connectivity index (χ3v) is 5.15. The number of nitrogens with one attached hydrogen (secondary N) is 1. The molecule has 0 radical (unpaired) electrons. The number of hydrogen-bond acceptors (Lipinski definition) is 5. The fraction of sp³-hybridized carbons (Fsp3) is 1.00. The minimum atomic E-state index is -2.82. The average Bonchev–Trinajstić information content (AvgIpc) is 2.48. The van der Waals surface area contributed by atoms with Crippen molar-refractivity contribution in [3.8, 4) is 0 Å². The van der Waals surface area contributed by atoms with Crippen molar-refractivity contribution in [1.29, 1.82) is 0 Å². The highest BCUT2D eigenvalue weighted by Crippen LogP contribution is 2.20. The Morgan fingerprint density at radius 1 is 1.38 bits per heavy atom. The summed E-state index contributed by atoms with van der Waals surface area (Å²) < 4.78 is 23.2. The molecule has 2 saturated heterocycles. The lowest BCUT2D eigenvalue weighted by molar-refractivity contribution is 0.137. The average molecular weight is 247 g/mol. The van der Waals surface area contributed by atoms with E-state index in [1.54, 1.807) is 0 Å². The van der Waals surface area contributed by atoms with Crippen LogP contribution in [0.1, 0.15) is 0 Å². The van der Waals surface area contributed by atoms with Gasteiger partial charge in [-0.2, -0.15) is 0 Å². The van der Waals surface area contributed by atoms with Gasteiger partial charge in [-0.05, 0) is 14.1 Å². The minimum absolute atomic E-state index is 0.154. The molecule has 2 rings (SSSR count). The Hall–Kier alpha value is -0.170. The maximum atomic E-state index is 11.6. The maximum absolute atomic E-state index is 11.6. The van der Waals surface area contributed by atoms with Crippen molar-refractivity contribution in [1.82, 2.24) is 15.1 Å². The molecule has 16 heavy (non-hydrogen) atoms. The van der Waals surface area contributed by atoms with E-state index in [9.17, 15) is 8.42 Å². The summed E-state index contributed by atoms with van der Waals surface area (Å²) in [5, 5.41) is 3.32. The van der Waals surface area contributed by atoms with Crippen LogP contribution in [0.15, 0.2) is 0 Å². The van der Waals surface area contributed by atoms with E-state index in [2.05, 4.69) is 15.1 Å². The van der Waals surface area contributed by atoms with Crippen molar-refractivity contribution in [3.63, 3.8) is 0 Å². The highest BCUT2D eigenvalue weighted by Gasteiger charge is 2.42. The van der Waals surface area contributed by atoms with Crippen LogP contribution >= 0.6 is 0 Å². The molecule has 2 unspecified atom stereocenters. The van der Waals surface area contributed by atoms with Crippen LogP contribution in [0, 0.1) is 0 Å². The molecule has 0 aromatic heterocycles. The summed E-state index contributed by atoms with van der Waals surface area (Å²) in [6.07, 6.45) is 0. The van der Waals surface area contributed by atoms with Crippen LogP contribution in [0.3, 0.4) is 0 Å². The molecule has 0 aromatic rings. The van der Waals surface area contributed by atoms with Crippen molar-refractivity contribution < 1.29 is 8.42 Å². The lowest BCUT2D eigenvalue weighted by Gasteiger charge is -2.37. The molecule has 0 aromatic carbocycles. The first-order chi connectivity index (χ1) is 7.48. The quantitative estimate of drug-likeness (QED) is 0.666. The number of fused-ring (bicyclic) bond motifs is 1. The predicted molar refractivity (Wildman–Crippen MR) is 64.4 cm³/mol. The molecule has 2 aliphatic rings. The Labute approximate surface area is 97.7 Å². The van der Waals surface area contributed by atoms with E-state index in [4.69, 9.17) is 0 Å². The van der Waals surface area contributed by atoms with Gasteiger partial charge in [0.2, 0.25) is 0 Å². The minimum Gasteiger partial charge on any atom is -0.310 e. The van der Waals surface area contributed by atoms with Gasteiger partial charge >= 0.3 is 0 Å². The Morgan fingerprint density at radius 2 is 2.12 bits per heavy atom. The summed E-state index contributed by atoms with van der Waals surface area (Å²) >= 11 is 0. The first-order valence-electron chi connectivity index (χ1n) is 5.80. The molecule has 5 nitrogen and oxygen atoms in total. The number of rotatable bonds is 3. The number of piperazine rings is 1. The van der Waals surface area contributed by atoms with Crippen LogP contribution in [0.4, 0.5) is 0 Å². The van der Waals surface area contributed by atoms with E-state index in [0.717, 1.165) is 26.2 Å². The largest absolute Gasteiger partial charge is 0.310 e. The highest BCUT2D eigenvalue weighted by molar-refractivity contribution is 7.91. The van der Waals surface area contributed by atoms with Gasteiger partial charge in [0.25, 0.3) is 0 Å². The van der Waals surface area contributed by atoms with Gasteiger partial charge in [0.1, 0.15) is 0 Å². The van der Waals surface area contributed by atoms with Crippen LogP contribution in [-0.4, -0.2) is 82.1 Å². The summed E-state index contributed by atoms with van der Waals surface area (Å²) in [6.45, 7) is 3.82. The van der Waals surface area contributed by atoms with Crippen LogP contribution in [0.5, 0.6) is 0 Å². The van der Waals surface area contributed by atoms with E-state index in [-0.39, 0.29) is 12.1 Å². The highest BCUT2D eigenvalue weighted by atomic mass is 32.2. The number of sulfone groups is 1. The van der Waals surface area contributed by atoms with Crippen molar-refractivity contribution in [2.45, 2.75) is 12.1 Å². The molecule has 0 amide bonds. The summed E-state index contributed by atoms with van der Waals surface area (Å²) in [5.74, 6) is 0.647. The van der Waals surface area contributed by atoms with Crippen molar-refractivity contribution in [3.05, 3.63) is 0 Å². The van der Waals surface area contributed by atoms with Crippen LogP contribution in [-0.2, 0) is 9.84 Å². The molecule has 0 bridgehead atoms. The monoisotopic (exact) mass is 247 g/mol. The third-order valence-electron chi connectivity index (χ3n) is 3.43. The fourth-order valence-electron chi connectivity index (χ4n) is 2.55. The normalized spacial score (nSPS) is 34.2. The Bertz CT molecular complexity index is 342. The van der Waals surface area contributed by atoms with Gasteiger partial charge in [0, 0.05) is 38.3 Å². The fourth-order valence-corrected chi connectivity index (χ4v) is 4.54. The second kappa shape index (κ2) is 4.60. The zero-order valence-corrected chi connectivity index (χ0v) is 10.8. The van der Waals surface area contributed by atoms with Gasteiger partial charge in [0.05, 0.1) is 11.5 Å². The molecule has 2 atom stereocenters. The van der Waals surface area contributed by atoms with Crippen molar-refractivity contribution >= 4 is 9.84 Å². The van der Waals surface area contributed by atoms with E-state index in [1.807, 2.05) is 14.1 Å². The Balaban J connectivity index is 1.99. The maximum Gasteiger partial charge on any atom is 0.153 e. The van der Waals surface area contributed by atoms with E-state index < -0.39 is 9.84 Å². The number of nitrogens with zero attached hydrogens (tertiary/aromatic N) is 2. The summed E-state index contributed by atoms with van der Waals surface area (Å²) in [5.41, 5.74) is 0. The van der Waals surface area contributed by atoms with Gasteiger partial charge in [-0.3, -0.25) is 4.90 Å². The van der Waals surface area contributed by atoms with Gasteiger partial charge in [-0.1, -0.05) is 0 Å². The van der Waals surface area contributed by atoms with Gasteiger partial charge < -0.3 is 10.2 Å². The second-order valence-electron chi connectivity index (χ2n) is 5.04. The lowest BCUT2D eigenvalue weighted by Crippen LogP contribution is -2.58. The zero-order valence-electron chi connectivity index (χ0n) is 10.0. The topological polar surface area (TPSA) is 52.6 Å². The first-order valence-corrected chi connectivity index (χ1v) is 7.63. The van der Waals surface area contributed by atoms with Gasteiger partial charge in [-0.25, -0.2) is 8.42 Å². The molecule has 1 N–H and O–H groups in total. The summed E-state index contributed by atoms with van der Waals surface area (Å²) in [6, 6.07) is 0.347. The van der Waals surface area contributed by atoms with Crippen LogP contribution in [0.2, 0.25) is 0 Å². The standard InChI is InChI=1S/C10H21N3O2S/c1-12(2)5-6-13-4-3-11-9-7-16(14,15)8-10(9)13/h9-11H,3-8H2,1-2H3. The predicted octanol–water partition coefficient (Wildman–Crippen LogP) is -1.38. The molecule has 2 fully saturated rings.